The minimum Gasteiger partial charge on any atom is -0.497 e. The van der Waals surface area contributed by atoms with E-state index in [-0.39, 0.29) is 49.1 Å². The number of carbonyl (C=O) groups excluding carboxylic acids is 4. The highest BCUT2D eigenvalue weighted by Gasteiger charge is 2.35. The Balaban J connectivity index is 1.26. The lowest BCUT2D eigenvalue weighted by Gasteiger charge is -2.18. The van der Waals surface area contributed by atoms with Crippen molar-refractivity contribution in [3.05, 3.63) is 59.7 Å². The molecule has 0 aromatic heterocycles. The third kappa shape index (κ3) is 4.14. The molecule has 0 unspecified atom stereocenters. The normalized spacial score (nSPS) is 17.8. The fraction of sp³-hybridized carbons (Fsp3) is 0.304. The van der Waals surface area contributed by atoms with Gasteiger partial charge in [-0.25, -0.2) is 0 Å². The van der Waals surface area contributed by atoms with Crippen LogP contribution in [0.4, 0.5) is 5.69 Å². The first-order valence-corrected chi connectivity index (χ1v) is 10.2. The van der Waals surface area contributed by atoms with E-state index in [1.807, 2.05) is 12.1 Å². The molecule has 0 radical (unpaired) electrons. The Morgan fingerprint density at radius 3 is 2.29 bits per heavy atom. The highest BCUT2D eigenvalue weighted by atomic mass is 16.5. The molecule has 1 saturated heterocycles. The number of benzene rings is 2. The lowest BCUT2D eigenvalue weighted by atomic mass is 10.1. The summed E-state index contributed by atoms with van der Waals surface area (Å²) in [5.74, 6) is -0.194. The fourth-order valence-electron chi connectivity index (χ4n) is 3.96. The van der Waals surface area contributed by atoms with Crippen molar-refractivity contribution in [2.24, 2.45) is 0 Å². The Morgan fingerprint density at radius 2 is 1.68 bits per heavy atom. The first-order chi connectivity index (χ1) is 15.0. The first kappa shape index (κ1) is 20.6. The predicted molar refractivity (Wildman–Crippen MR) is 113 cm³/mol. The summed E-state index contributed by atoms with van der Waals surface area (Å²) in [5, 5.41) is 2.88. The number of fused-ring (bicyclic) bond motifs is 1. The SMILES string of the molecule is COc1ccc(N2C[C@@H](NC(=O)CCCN3C(=O)c4ccccc4C3=O)CC2=O)cc1. The lowest BCUT2D eigenvalue weighted by Crippen LogP contribution is -2.37. The van der Waals surface area contributed by atoms with Gasteiger partial charge in [-0.05, 0) is 42.8 Å². The molecule has 2 aliphatic rings. The standard InChI is InChI=1S/C23H23N3O5/c1-31-17-10-8-16(9-11-17)26-14-15(13-21(26)28)24-20(27)7-4-12-25-22(29)18-5-2-3-6-19(18)23(25)30/h2-3,5-6,8-11,15H,4,7,12-14H2,1H3,(H,24,27)/t15-/m0/s1. The fourth-order valence-corrected chi connectivity index (χ4v) is 3.96. The van der Waals surface area contributed by atoms with Crippen LogP contribution in [0, 0.1) is 0 Å². The zero-order valence-electron chi connectivity index (χ0n) is 17.2. The lowest BCUT2D eigenvalue weighted by molar-refractivity contribution is -0.121. The molecule has 8 nitrogen and oxygen atoms in total. The van der Waals surface area contributed by atoms with Crippen molar-refractivity contribution in [1.29, 1.82) is 0 Å². The maximum absolute atomic E-state index is 12.4. The van der Waals surface area contributed by atoms with E-state index < -0.39 is 0 Å². The molecule has 1 N–H and O–H groups in total. The van der Waals surface area contributed by atoms with Crippen molar-refractivity contribution in [2.45, 2.75) is 25.3 Å². The highest BCUT2D eigenvalue weighted by molar-refractivity contribution is 6.21. The number of hydrogen-bond donors (Lipinski definition) is 1. The van der Waals surface area contributed by atoms with Crippen molar-refractivity contribution < 1.29 is 23.9 Å². The molecular weight excluding hydrogens is 398 g/mol. The molecule has 2 heterocycles. The van der Waals surface area contributed by atoms with Gasteiger partial charge in [-0.1, -0.05) is 12.1 Å². The molecule has 8 heteroatoms. The summed E-state index contributed by atoms with van der Waals surface area (Å²) in [7, 11) is 1.58. The molecule has 31 heavy (non-hydrogen) atoms. The molecule has 4 amide bonds. The number of rotatable bonds is 7. The van der Waals surface area contributed by atoms with E-state index in [0.29, 0.717) is 29.8 Å². The monoisotopic (exact) mass is 421 g/mol. The third-order valence-corrected chi connectivity index (χ3v) is 5.54. The average molecular weight is 421 g/mol. The summed E-state index contributed by atoms with van der Waals surface area (Å²) >= 11 is 0. The summed E-state index contributed by atoms with van der Waals surface area (Å²) < 4.78 is 5.13. The molecule has 0 saturated carbocycles. The summed E-state index contributed by atoms with van der Waals surface area (Å²) in [6, 6.07) is 13.6. The second-order valence-corrected chi connectivity index (χ2v) is 7.58. The molecule has 160 valence electrons. The highest BCUT2D eigenvalue weighted by Crippen LogP contribution is 2.25. The van der Waals surface area contributed by atoms with Crippen LogP contribution in [-0.2, 0) is 9.59 Å². The van der Waals surface area contributed by atoms with Gasteiger partial charge in [0.15, 0.2) is 0 Å². The van der Waals surface area contributed by atoms with Crippen LogP contribution in [0.1, 0.15) is 40.0 Å². The van der Waals surface area contributed by atoms with E-state index in [1.165, 1.54) is 4.90 Å². The van der Waals surface area contributed by atoms with Gasteiger partial charge in [0.25, 0.3) is 11.8 Å². The zero-order chi connectivity index (χ0) is 22.0. The largest absolute Gasteiger partial charge is 0.497 e. The number of nitrogens with zero attached hydrogens (tertiary/aromatic N) is 2. The molecule has 2 aromatic carbocycles. The number of nitrogens with one attached hydrogen (secondary N) is 1. The Bertz CT molecular complexity index is 999. The van der Waals surface area contributed by atoms with Crippen LogP contribution in [0.2, 0.25) is 0 Å². The van der Waals surface area contributed by atoms with Crippen LogP contribution in [0.3, 0.4) is 0 Å². The van der Waals surface area contributed by atoms with E-state index in [4.69, 9.17) is 4.74 Å². The molecule has 0 bridgehead atoms. The average Bonchev–Trinajstić information content (AvgIpc) is 3.26. The summed E-state index contributed by atoms with van der Waals surface area (Å²) in [6.45, 7) is 0.580. The number of carbonyl (C=O) groups is 4. The molecule has 4 rings (SSSR count). The summed E-state index contributed by atoms with van der Waals surface area (Å²) in [5.41, 5.74) is 1.56. The van der Waals surface area contributed by atoms with Gasteiger partial charge in [-0.2, -0.15) is 0 Å². The molecule has 2 aromatic rings. The number of ether oxygens (including phenoxy) is 1. The Hall–Kier alpha value is -3.68. The zero-order valence-corrected chi connectivity index (χ0v) is 17.2. The van der Waals surface area contributed by atoms with Gasteiger partial charge >= 0.3 is 0 Å². The van der Waals surface area contributed by atoms with Gasteiger partial charge in [-0.15, -0.1) is 0 Å². The minimum atomic E-state index is -0.322. The van der Waals surface area contributed by atoms with E-state index >= 15 is 0 Å². The number of amides is 4. The van der Waals surface area contributed by atoms with Crippen molar-refractivity contribution >= 4 is 29.3 Å². The van der Waals surface area contributed by atoms with E-state index in [0.717, 1.165) is 5.69 Å². The number of hydrogen-bond acceptors (Lipinski definition) is 5. The van der Waals surface area contributed by atoms with Gasteiger partial charge in [-0.3, -0.25) is 24.1 Å². The van der Waals surface area contributed by atoms with Gasteiger partial charge in [0, 0.05) is 31.6 Å². The third-order valence-electron chi connectivity index (χ3n) is 5.54. The smallest absolute Gasteiger partial charge is 0.261 e. The van der Waals surface area contributed by atoms with Crippen molar-refractivity contribution in [1.82, 2.24) is 10.2 Å². The molecule has 0 spiro atoms. The second-order valence-electron chi connectivity index (χ2n) is 7.58. The summed E-state index contributed by atoms with van der Waals surface area (Å²) in [6.07, 6.45) is 0.761. The van der Waals surface area contributed by atoms with Crippen molar-refractivity contribution in [2.75, 3.05) is 25.1 Å². The van der Waals surface area contributed by atoms with Gasteiger partial charge in [0.1, 0.15) is 5.75 Å². The molecule has 2 aliphatic heterocycles. The number of imide groups is 1. The van der Waals surface area contributed by atoms with Gasteiger partial charge < -0.3 is 15.0 Å². The molecule has 1 fully saturated rings. The van der Waals surface area contributed by atoms with E-state index in [2.05, 4.69) is 5.32 Å². The van der Waals surface area contributed by atoms with Gasteiger partial charge in [0.05, 0.1) is 24.3 Å². The van der Waals surface area contributed by atoms with Crippen LogP contribution >= 0.6 is 0 Å². The maximum atomic E-state index is 12.4. The first-order valence-electron chi connectivity index (χ1n) is 10.2. The topological polar surface area (TPSA) is 96.0 Å². The van der Waals surface area contributed by atoms with Gasteiger partial charge in [0.2, 0.25) is 11.8 Å². The Labute approximate surface area is 179 Å². The van der Waals surface area contributed by atoms with Crippen molar-refractivity contribution in [3.63, 3.8) is 0 Å². The minimum absolute atomic E-state index is 0.0542. The quantitative estimate of drug-likeness (QED) is 0.690. The van der Waals surface area contributed by atoms with E-state index in [1.54, 1.807) is 48.4 Å². The predicted octanol–water partition coefficient (Wildman–Crippen LogP) is 1.99. The van der Waals surface area contributed by atoms with Crippen molar-refractivity contribution in [3.8, 4) is 5.75 Å². The molecular formula is C23H23N3O5. The van der Waals surface area contributed by atoms with Crippen LogP contribution in [0.25, 0.3) is 0 Å². The van der Waals surface area contributed by atoms with Crippen LogP contribution in [0.5, 0.6) is 5.75 Å². The van der Waals surface area contributed by atoms with Crippen LogP contribution < -0.4 is 15.0 Å². The maximum Gasteiger partial charge on any atom is 0.261 e. The number of anilines is 1. The number of methoxy groups -OCH3 is 1. The van der Waals surface area contributed by atoms with Crippen LogP contribution in [0.15, 0.2) is 48.5 Å². The van der Waals surface area contributed by atoms with Crippen LogP contribution in [-0.4, -0.2) is 54.8 Å². The molecule has 0 aliphatic carbocycles. The Kier molecular flexibility index (Phi) is 5.70. The second kappa shape index (κ2) is 8.59. The summed E-state index contributed by atoms with van der Waals surface area (Å²) in [4.78, 5) is 52.2. The Morgan fingerprint density at radius 1 is 1.03 bits per heavy atom. The molecule has 1 atom stereocenters. The van der Waals surface area contributed by atoms with E-state index in [9.17, 15) is 19.2 Å².